The van der Waals surface area contributed by atoms with Gasteiger partial charge in [-0.3, -0.25) is 0 Å². The first-order valence-electron chi connectivity index (χ1n) is 9.88. The lowest BCUT2D eigenvalue weighted by molar-refractivity contribution is -0.138. The van der Waals surface area contributed by atoms with Crippen LogP contribution in [0.1, 0.15) is 40.2 Å². The van der Waals surface area contributed by atoms with Crippen LogP contribution in [-0.4, -0.2) is 35.1 Å². The smallest absolute Gasteiger partial charge is 0.416 e. The Morgan fingerprint density at radius 3 is 2.32 bits per heavy atom. The number of fused-ring (bicyclic) bond motifs is 1. The lowest BCUT2D eigenvalue weighted by Crippen LogP contribution is -2.34. The van der Waals surface area contributed by atoms with E-state index in [0.717, 1.165) is 6.07 Å². The molecule has 31 heavy (non-hydrogen) atoms. The van der Waals surface area contributed by atoms with E-state index in [4.69, 9.17) is 11.6 Å². The third kappa shape index (κ3) is 4.35. The highest BCUT2D eigenvalue weighted by molar-refractivity contribution is 6.31. The summed E-state index contributed by atoms with van der Waals surface area (Å²) in [6.07, 6.45) is -3.22. The van der Waals surface area contributed by atoms with Crippen LogP contribution in [0.2, 0.25) is 5.02 Å². The van der Waals surface area contributed by atoms with E-state index in [-0.39, 0.29) is 34.0 Å². The van der Waals surface area contributed by atoms with Crippen molar-refractivity contribution in [3.63, 3.8) is 0 Å². The number of alkyl halides is 3. The molecule has 1 unspecified atom stereocenters. The van der Waals surface area contributed by atoms with Gasteiger partial charge in [0.25, 0.3) is 0 Å². The number of rotatable bonds is 3. The summed E-state index contributed by atoms with van der Waals surface area (Å²) in [5.41, 5.74) is -0.216. The average Bonchev–Trinajstić information content (AvgIpc) is 3.28. The standard InChI is InChI=1S/C22H20ClF3N2O3/c23-15-5-6-19(17(9-15)20(29)30)27-21(31)28-10-13-7-12(8-14(13)11-28)16-3-1-2-4-18(16)22(24,25)26/h1-6,9,12-14H,7-8,10-11H2,(H,27,31)(H,29,30)/t12-,13-,14?/m1/s1. The number of anilines is 1. The molecule has 1 aliphatic carbocycles. The van der Waals surface area contributed by atoms with Crippen LogP contribution in [0.4, 0.5) is 23.7 Å². The number of carboxylic acid groups (broad SMARTS) is 1. The molecule has 3 atom stereocenters. The third-order valence-corrected chi connectivity index (χ3v) is 6.43. The highest BCUT2D eigenvalue weighted by Crippen LogP contribution is 2.48. The molecule has 1 heterocycles. The number of amides is 2. The molecule has 4 rings (SSSR count). The lowest BCUT2D eigenvalue weighted by atomic mass is 9.91. The van der Waals surface area contributed by atoms with Gasteiger partial charge in [0.2, 0.25) is 0 Å². The molecule has 0 radical (unpaired) electrons. The molecule has 1 aliphatic heterocycles. The maximum absolute atomic E-state index is 13.4. The number of halogens is 4. The Bertz CT molecular complexity index is 1010. The van der Waals surface area contributed by atoms with Crippen LogP contribution >= 0.6 is 11.6 Å². The number of aromatic carboxylic acids is 1. The van der Waals surface area contributed by atoms with Crippen molar-refractivity contribution in [1.82, 2.24) is 4.90 Å². The van der Waals surface area contributed by atoms with Gasteiger partial charge >= 0.3 is 18.2 Å². The number of carboxylic acids is 1. The number of carbonyl (C=O) groups is 2. The summed E-state index contributed by atoms with van der Waals surface area (Å²) in [5, 5.41) is 12.2. The normalized spacial score (nSPS) is 23.0. The Hall–Kier alpha value is -2.74. The molecule has 5 nitrogen and oxygen atoms in total. The number of nitrogens with one attached hydrogen (secondary N) is 1. The predicted molar refractivity (Wildman–Crippen MR) is 109 cm³/mol. The van der Waals surface area contributed by atoms with Gasteiger partial charge in [-0.05, 0) is 60.4 Å². The van der Waals surface area contributed by atoms with Crippen LogP contribution in [-0.2, 0) is 6.18 Å². The first kappa shape index (κ1) is 21.5. The van der Waals surface area contributed by atoms with Crippen molar-refractivity contribution in [3.8, 4) is 0 Å². The van der Waals surface area contributed by atoms with Crippen molar-refractivity contribution in [3.05, 3.63) is 64.2 Å². The van der Waals surface area contributed by atoms with Crippen LogP contribution in [0.3, 0.4) is 0 Å². The average molecular weight is 453 g/mol. The van der Waals surface area contributed by atoms with Gasteiger partial charge in [0, 0.05) is 18.1 Å². The maximum atomic E-state index is 13.4. The second kappa shape index (κ2) is 8.07. The summed E-state index contributed by atoms with van der Waals surface area (Å²) in [6.45, 7) is 0.856. The molecule has 2 aliphatic rings. The van der Waals surface area contributed by atoms with Gasteiger partial charge in [-0.25, -0.2) is 9.59 Å². The largest absolute Gasteiger partial charge is 0.478 e. The minimum Gasteiger partial charge on any atom is -0.478 e. The molecule has 0 aromatic heterocycles. The summed E-state index contributed by atoms with van der Waals surface area (Å²) < 4.78 is 40.1. The summed E-state index contributed by atoms with van der Waals surface area (Å²) in [5.74, 6) is -1.17. The summed E-state index contributed by atoms with van der Waals surface area (Å²) in [7, 11) is 0. The zero-order valence-corrected chi connectivity index (χ0v) is 17.1. The van der Waals surface area contributed by atoms with Gasteiger partial charge < -0.3 is 15.3 Å². The SMILES string of the molecule is O=C(O)c1cc(Cl)ccc1NC(=O)N1CC2C[C@H](c3ccccc3C(F)(F)F)C[C@@H]2C1. The second-order valence-corrected chi connectivity index (χ2v) is 8.54. The van der Waals surface area contributed by atoms with E-state index in [0.29, 0.717) is 31.5 Å². The molecule has 2 aromatic carbocycles. The number of carbonyl (C=O) groups excluding carboxylic acids is 1. The lowest BCUT2D eigenvalue weighted by Gasteiger charge is -2.22. The Labute approximate surface area is 181 Å². The van der Waals surface area contributed by atoms with Crippen molar-refractivity contribution < 1.29 is 27.9 Å². The number of nitrogens with zero attached hydrogens (tertiary/aromatic N) is 1. The van der Waals surface area contributed by atoms with E-state index in [1.54, 1.807) is 17.0 Å². The minimum absolute atomic E-state index is 0.107. The van der Waals surface area contributed by atoms with Crippen LogP contribution in [0, 0.1) is 11.8 Å². The van der Waals surface area contributed by atoms with Crippen molar-refractivity contribution in [2.24, 2.45) is 11.8 Å². The van der Waals surface area contributed by atoms with E-state index < -0.39 is 23.7 Å². The second-order valence-electron chi connectivity index (χ2n) is 8.10. The first-order valence-corrected chi connectivity index (χ1v) is 10.3. The van der Waals surface area contributed by atoms with Gasteiger partial charge in [-0.1, -0.05) is 29.8 Å². The summed E-state index contributed by atoms with van der Waals surface area (Å²) >= 11 is 5.84. The number of urea groups is 1. The van der Waals surface area contributed by atoms with E-state index in [2.05, 4.69) is 5.32 Å². The highest BCUT2D eigenvalue weighted by atomic mass is 35.5. The molecule has 2 N–H and O–H groups in total. The van der Waals surface area contributed by atoms with Crippen molar-refractivity contribution >= 4 is 29.3 Å². The quantitative estimate of drug-likeness (QED) is 0.626. The van der Waals surface area contributed by atoms with Crippen LogP contribution < -0.4 is 5.32 Å². The Balaban J connectivity index is 1.43. The Morgan fingerprint density at radius 1 is 1.06 bits per heavy atom. The van der Waals surface area contributed by atoms with E-state index in [1.807, 2.05) is 0 Å². The Kier molecular flexibility index (Phi) is 5.60. The van der Waals surface area contributed by atoms with Crippen molar-refractivity contribution in [1.29, 1.82) is 0 Å². The minimum atomic E-state index is -4.39. The van der Waals surface area contributed by atoms with Crippen LogP contribution in [0.15, 0.2) is 42.5 Å². The fourth-order valence-corrected chi connectivity index (χ4v) is 5.00. The van der Waals surface area contributed by atoms with Crippen LogP contribution in [0.25, 0.3) is 0 Å². The van der Waals surface area contributed by atoms with Crippen LogP contribution in [0.5, 0.6) is 0 Å². The summed E-state index contributed by atoms with van der Waals surface area (Å²) in [4.78, 5) is 25.7. The number of likely N-dealkylation sites (tertiary alicyclic amines) is 1. The molecule has 164 valence electrons. The van der Waals surface area contributed by atoms with E-state index in [1.165, 1.54) is 24.3 Å². The number of hydrogen-bond acceptors (Lipinski definition) is 2. The first-order chi connectivity index (χ1) is 14.6. The van der Waals surface area contributed by atoms with Gasteiger partial charge in [0.15, 0.2) is 0 Å². The topological polar surface area (TPSA) is 69.6 Å². The Morgan fingerprint density at radius 2 is 1.71 bits per heavy atom. The van der Waals surface area contributed by atoms with Crippen molar-refractivity contribution in [2.45, 2.75) is 24.9 Å². The summed E-state index contributed by atoms with van der Waals surface area (Å²) in [6, 6.07) is 9.46. The molecule has 0 bridgehead atoms. The molecular formula is C22H20ClF3N2O3. The van der Waals surface area contributed by atoms with Crippen molar-refractivity contribution in [2.75, 3.05) is 18.4 Å². The number of benzene rings is 2. The third-order valence-electron chi connectivity index (χ3n) is 6.20. The fourth-order valence-electron chi connectivity index (χ4n) is 4.83. The zero-order valence-electron chi connectivity index (χ0n) is 16.3. The molecule has 9 heteroatoms. The molecule has 1 saturated heterocycles. The molecular weight excluding hydrogens is 433 g/mol. The van der Waals surface area contributed by atoms with Gasteiger partial charge in [0.05, 0.1) is 16.8 Å². The zero-order chi connectivity index (χ0) is 22.3. The van der Waals surface area contributed by atoms with Gasteiger partial charge in [-0.15, -0.1) is 0 Å². The molecule has 0 spiro atoms. The highest BCUT2D eigenvalue weighted by Gasteiger charge is 2.45. The van der Waals surface area contributed by atoms with Gasteiger partial charge in [0.1, 0.15) is 0 Å². The molecule has 1 saturated carbocycles. The molecule has 2 fully saturated rings. The maximum Gasteiger partial charge on any atom is 0.416 e. The van der Waals surface area contributed by atoms with E-state index in [9.17, 15) is 27.9 Å². The predicted octanol–water partition coefficient (Wildman–Crippen LogP) is 5.71. The number of hydrogen-bond donors (Lipinski definition) is 2. The molecule has 2 aromatic rings. The monoisotopic (exact) mass is 452 g/mol. The van der Waals surface area contributed by atoms with Gasteiger partial charge in [-0.2, -0.15) is 13.2 Å². The van der Waals surface area contributed by atoms with E-state index >= 15 is 0 Å². The molecule has 2 amide bonds. The fraction of sp³-hybridized carbons (Fsp3) is 0.364.